The summed E-state index contributed by atoms with van der Waals surface area (Å²) < 4.78 is 88.8. The minimum atomic E-state index is -4.58. The summed E-state index contributed by atoms with van der Waals surface area (Å²) in [5, 5.41) is 0. The molecule has 0 radical (unpaired) electrons. The third-order valence-corrected chi connectivity index (χ3v) is 3.12. The molecule has 0 spiro atoms. The highest BCUT2D eigenvalue weighted by Crippen LogP contribution is 2.31. The molecule has 162 valence electrons. The molecule has 1 aromatic carbocycles. The summed E-state index contributed by atoms with van der Waals surface area (Å²) in [4.78, 5) is 15.7. The molecule has 0 fully saturated rings. The number of esters is 1. The molecule has 0 atom stereocenters. The van der Waals surface area contributed by atoms with E-state index in [2.05, 4.69) is 9.72 Å². The molecule has 0 amide bonds. The van der Waals surface area contributed by atoms with Crippen molar-refractivity contribution in [3.05, 3.63) is 41.3 Å². The van der Waals surface area contributed by atoms with Crippen LogP contribution in [0.5, 0.6) is 0 Å². The molecule has 5 nitrogen and oxygen atoms in total. The second-order valence-corrected chi connectivity index (χ2v) is 5.20. The summed E-state index contributed by atoms with van der Waals surface area (Å²) in [6.07, 6.45) is -9.12. The van der Waals surface area contributed by atoms with Crippen LogP contribution in [0.2, 0.25) is 0 Å². The third kappa shape index (κ3) is 7.41. The number of aromatic nitrogens is 1. The predicted octanol–water partition coefficient (Wildman–Crippen LogP) is 5.64. The Morgan fingerprint density at radius 1 is 1.07 bits per heavy atom. The summed E-state index contributed by atoms with van der Waals surface area (Å²) in [7, 11) is 0. The Kier molecular flexibility index (Phi) is 8.68. The lowest BCUT2D eigenvalue weighted by Crippen LogP contribution is -2.17. The molecule has 1 heterocycles. The number of hydrogen-bond donors (Lipinski definition) is 0. The quantitative estimate of drug-likeness (QED) is 0.441. The number of rotatable bonds is 6. The Labute approximate surface area is 162 Å². The van der Waals surface area contributed by atoms with Gasteiger partial charge in [-0.15, -0.1) is 0 Å². The fourth-order valence-electron chi connectivity index (χ4n) is 1.99. The van der Waals surface area contributed by atoms with Crippen molar-refractivity contribution >= 4 is 5.97 Å². The molecule has 0 N–H and O–H groups in total. The number of hydrogen-bond acceptors (Lipinski definition) is 5. The molecule has 0 saturated heterocycles. The number of oxazole rings is 1. The zero-order valence-corrected chi connectivity index (χ0v) is 15.8. The maximum Gasteiger partial charge on any atom is 0.416 e. The molecule has 2 aromatic rings. The SMILES string of the molecule is CC.CCOC(=O)c1oc(-c2ccc(C(F)(F)F)cc2)nc1COCC(F)(F)F. The van der Waals surface area contributed by atoms with Crippen LogP contribution in [0, 0.1) is 0 Å². The maximum absolute atomic E-state index is 12.6. The average Bonchev–Trinajstić information content (AvgIpc) is 3.06. The lowest BCUT2D eigenvalue weighted by molar-refractivity contribution is -0.176. The largest absolute Gasteiger partial charge is 0.460 e. The van der Waals surface area contributed by atoms with Crippen molar-refractivity contribution in [1.82, 2.24) is 4.98 Å². The molecule has 0 saturated carbocycles. The van der Waals surface area contributed by atoms with E-state index in [0.717, 1.165) is 24.3 Å². The topological polar surface area (TPSA) is 61.6 Å². The fraction of sp³-hybridized carbons (Fsp3) is 0.444. The van der Waals surface area contributed by atoms with Gasteiger partial charge in [-0.1, -0.05) is 13.8 Å². The van der Waals surface area contributed by atoms with E-state index in [0.29, 0.717) is 0 Å². The molecular formula is C18H19F6NO4. The van der Waals surface area contributed by atoms with Crippen molar-refractivity contribution in [2.45, 2.75) is 39.7 Å². The first-order chi connectivity index (χ1) is 13.5. The Hall–Kier alpha value is -2.56. The summed E-state index contributed by atoms with van der Waals surface area (Å²) >= 11 is 0. The highest BCUT2D eigenvalue weighted by atomic mass is 19.4. The van der Waals surface area contributed by atoms with Crippen LogP contribution in [-0.2, 0) is 22.3 Å². The van der Waals surface area contributed by atoms with E-state index in [4.69, 9.17) is 9.15 Å². The van der Waals surface area contributed by atoms with Gasteiger partial charge in [-0.3, -0.25) is 0 Å². The summed E-state index contributed by atoms with van der Waals surface area (Å²) in [6, 6.07) is 3.68. The van der Waals surface area contributed by atoms with Crippen LogP contribution in [-0.4, -0.2) is 30.3 Å². The zero-order valence-electron chi connectivity index (χ0n) is 15.8. The Bertz CT molecular complexity index is 781. The van der Waals surface area contributed by atoms with Crippen LogP contribution < -0.4 is 0 Å². The first-order valence-corrected chi connectivity index (χ1v) is 8.50. The molecule has 11 heteroatoms. The van der Waals surface area contributed by atoms with Crippen LogP contribution in [0.15, 0.2) is 28.7 Å². The summed E-state index contributed by atoms with van der Waals surface area (Å²) in [6.45, 7) is 3.21. The number of alkyl halides is 6. The van der Waals surface area contributed by atoms with Crippen LogP contribution in [0.3, 0.4) is 0 Å². The molecule has 1 aromatic heterocycles. The highest BCUT2D eigenvalue weighted by Gasteiger charge is 2.31. The van der Waals surface area contributed by atoms with E-state index in [1.807, 2.05) is 13.8 Å². The summed E-state index contributed by atoms with van der Waals surface area (Å²) in [5.41, 5.74) is -1.07. The van der Waals surface area contributed by atoms with Crippen molar-refractivity contribution in [2.24, 2.45) is 0 Å². The summed E-state index contributed by atoms with van der Waals surface area (Å²) in [5.74, 6) is -1.71. The first kappa shape index (κ1) is 24.5. The van der Waals surface area contributed by atoms with Crippen LogP contribution in [0.25, 0.3) is 11.5 Å². The van der Waals surface area contributed by atoms with Crippen molar-refractivity contribution in [3.63, 3.8) is 0 Å². The Morgan fingerprint density at radius 2 is 1.66 bits per heavy atom. The van der Waals surface area contributed by atoms with Crippen LogP contribution in [0.4, 0.5) is 26.3 Å². The Morgan fingerprint density at radius 3 is 2.14 bits per heavy atom. The average molecular weight is 427 g/mol. The third-order valence-electron chi connectivity index (χ3n) is 3.12. The predicted molar refractivity (Wildman–Crippen MR) is 90.0 cm³/mol. The van der Waals surface area contributed by atoms with E-state index in [1.54, 1.807) is 0 Å². The highest BCUT2D eigenvalue weighted by molar-refractivity contribution is 5.88. The van der Waals surface area contributed by atoms with Gasteiger partial charge in [-0.05, 0) is 31.2 Å². The van der Waals surface area contributed by atoms with Gasteiger partial charge in [0.05, 0.1) is 18.8 Å². The molecule has 0 aliphatic carbocycles. The molecule has 2 rings (SSSR count). The van der Waals surface area contributed by atoms with Crippen LogP contribution in [0.1, 0.15) is 42.6 Å². The van der Waals surface area contributed by atoms with Gasteiger partial charge in [0.15, 0.2) is 0 Å². The monoisotopic (exact) mass is 427 g/mol. The lowest BCUT2D eigenvalue weighted by atomic mass is 10.1. The van der Waals surface area contributed by atoms with E-state index in [9.17, 15) is 31.1 Å². The van der Waals surface area contributed by atoms with Gasteiger partial charge >= 0.3 is 18.3 Å². The number of nitrogens with zero attached hydrogens (tertiary/aromatic N) is 1. The van der Waals surface area contributed by atoms with Gasteiger partial charge in [-0.25, -0.2) is 9.78 Å². The van der Waals surface area contributed by atoms with Gasteiger partial charge in [0.1, 0.15) is 12.3 Å². The van der Waals surface area contributed by atoms with Crippen LogP contribution >= 0.6 is 0 Å². The van der Waals surface area contributed by atoms with Crippen molar-refractivity contribution in [2.75, 3.05) is 13.2 Å². The van der Waals surface area contributed by atoms with Crippen molar-refractivity contribution < 1.29 is 45.0 Å². The van der Waals surface area contributed by atoms with Gasteiger partial charge in [0, 0.05) is 5.56 Å². The lowest BCUT2D eigenvalue weighted by Gasteiger charge is -2.06. The fourth-order valence-corrected chi connectivity index (χ4v) is 1.99. The van der Waals surface area contributed by atoms with E-state index in [-0.39, 0.29) is 23.8 Å². The number of halogens is 6. The van der Waals surface area contributed by atoms with Gasteiger partial charge in [0.2, 0.25) is 11.7 Å². The second kappa shape index (κ2) is 10.3. The van der Waals surface area contributed by atoms with E-state index < -0.39 is 42.9 Å². The normalized spacial score (nSPS) is 11.6. The minimum Gasteiger partial charge on any atom is -0.460 e. The molecule has 0 aliphatic rings. The molecule has 0 bridgehead atoms. The zero-order chi connectivity index (χ0) is 22.2. The van der Waals surface area contributed by atoms with Gasteiger partial charge in [-0.2, -0.15) is 26.3 Å². The van der Waals surface area contributed by atoms with Gasteiger partial charge < -0.3 is 13.9 Å². The maximum atomic E-state index is 12.6. The number of ether oxygens (including phenoxy) is 2. The number of carbonyl (C=O) groups is 1. The molecule has 0 unspecified atom stereocenters. The minimum absolute atomic E-state index is 0.0298. The number of benzene rings is 1. The van der Waals surface area contributed by atoms with Gasteiger partial charge in [0.25, 0.3) is 0 Å². The first-order valence-electron chi connectivity index (χ1n) is 8.50. The standard InChI is InChI=1S/C16H13F6NO4.C2H6/c1-2-26-14(24)12-11(7-25-8-15(17,18)19)23-13(27-12)9-3-5-10(6-4-9)16(20,21)22;1-2/h3-6H,2,7-8H2,1H3;1-2H3. The smallest absolute Gasteiger partial charge is 0.416 e. The Balaban J connectivity index is 0.00000204. The van der Waals surface area contributed by atoms with E-state index in [1.165, 1.54) is 6.92 Å². The van der Waals surface area contributed by atoms with Crippen molar-refractivity contribution in [3.8, 4) is 11.5 Å². The van der Waals surface area contributed by atoms with Crippen molar-refractivity contribution in [1.29, 1.82) is 0 Å². The molecule has 0 aliphatic heterocycles. The second-order valence-electron chi connectivity index (χ2n) is 5.20. The number of carbonyl (C=O) groups excluding carboxylic acids is 1. The molecular weight excluding hydrogens is 408 g/mol. The van der Waals surface area contributed by atoms with E-state index >= 15 is 0 Å². The molecule has 29 heavy (non-hydrogen) atoms.